The number of allylic oxidation sites excluding steroid dienone is 1. The average molecular weight is 563 g/mol. The fourth-order valence-corrected chi connectivity index (χ4v) is 9.29. The molecule has 6 N–H and O–H groups in total. The second kappa shape index (κ2) is 9.70. The monoisotopic (exact) mass is 562 g/mol. The van der Waals surface area contributed by atoms with Gasteiger partial charge >= 0.3 is 5.63 Å². The summed E-state index contributed by atoms with van der Waals surface area (Å²) in [6.07, 6.45) is 1.42. The van der Waals surface area contributed by atoms with Gasteiger partial charge in [-0.1, -0.05) is 25.5 Å². The number of ether oxygens (including phenoxy) is 2. The van der Waals surface area contributed by atoms with Gasteiger partial charge in [-0.15, -0.1) is 0 Å². The minimum Gasteiger partial charge on any atom is -0.431 e. The van der Waals surface area contributed by atoms with Crippen LogP contribution in [0.1, 0.15) is 76.7 Å². The molecule has 0 amide bonds. The molecule has 40 heavy (non-hydrogen) atoms. The predicted octanol–water partition coefficient (Wildman–Crippen LogP) is 1.10. The van der Waals surface area contributed by atoms with Crippen LogP contribution in [0, 0.1) is 16.7 Å². The highest BCUT2D eigenvalue weighted by Crippen LogP contribution is 2.71. The number of rotatable bonds is 4. The van der Waals surface area contributed by atoms with Gasteiger partial charge < -0.3 is 44.5 Å². The second-order valence-corrected chi connectivity index (χ2v) is 13.3. The third kappa shape index (κ3) is 3.87. The zero-order valence-electron chi connectivity index (χ0n) is 23.1. The molecule has 12 atom stereocenters. The molecule has 0 spiro atoms. The highest BCUT2D eigenvalue weighted by molar-refractivity contribution is 5.35. The first-order valence-electron chi connectivity index (χ1n) is 14.6. The lowest BCUT2D eigenvalue weighted by molar-refractivity contribution is -0.309. The molecular formula is C30H42O10. The van der Waals surface area contributed by atoms with Crippen LogP contribution in [0.4, 0.5) is 0 Å². The van der Waals surface area contributed by atoms with Gasteiger partial charge in [0.05, 0.1) is 30.2 Å². The van der Waals surface area contributed by atoms with E-state index in [9.17, 15) is 35.4 Å². The van der Waals surface area contributed by atoms with Crippen molar-refractivity contribution in [1.82, 2.24) is 0 Å². The van der Waals surface area contributed by atoms with Crippen LogP contribution in [-0.4, -0.2) is 85.3 Å². The van der Waals surface area contributed by atoms with E-state index in [-0.39, 0.29) is 17.3 Å². The van der Waals surface area contributed by atoms with E-state index in [2.05, 4.69) is 13.8 Å². The van der Waals surface area contributed by atoms with E-state index in [0.29, 0.717) is 38.5 Å². The van der Waals surface area contributed by atoms with Crippen molar-refractivity contribution in [1.29, 1.82) is 0 Å². The Labute approximate surface area is 233 Å². The first-order valence-corrected chi connectivity index (χ1v) is 14.6. The molecule has 1 aliphatic heterocycles. The van der Waals surface area contributed by atoms with Gasteiger partial charge in [-0.3, -0.25) is 0 Å². The van der Waals surface area contributed by atoms with Gasteiger partial charge in [-0.05, 0) is 80.2 Å². The fraction of sp³-hybridized carbons (Fsp3) is 0.767. The van der Waals surface area contributed by atoms with Crippen LogP contribution in [0.15, 0.2) is 39.3 Å². The molecule has 1 aromatic heterocycles. The summed E-state index contributed by atoms with van der Waals surface area (Å²) in [4.78, 5) is 11.6. The Hall–Kier alpha value is -1.63. The van der Waals surface area contributed by atoms with Crippen LogP contribution in [-0.2, 0) is 9.47 Å². The van der Waals surface area contributed by atoms with Crippen molar-refractivity contribution in [2.24, 2.45) is 16.7 Å². The van der Waals surface area contributed by atoms with Crippen molar-refractivity contribution in [3.05, 3.63) is 46.0 Å². The van der Waals surface area contributed by atoms with Crippen molar-refractivity contribution in [2.75, 3.05) is 6.61 Å². The van der Waals surface area contributed by atoms with E-state index in [4.69, 9.17) is 13.9 Å². The third-order valence-corrected chi connectivity index (χ3v) is 11.6. The molecule has 222 valence electrons. The number of hydrogen-bond donors (Lipinski definition) is 6. The van der Waals surface area contributed by atoms with Gasteiger partial charge in [-0.25, -0.2) is 4.79 Å². The predicted molar refractivity (Wildman–Crippen MR) is 141 cm³/mol. The largest absolute Gasteiger partial charge is 0.431 e. The molecular weight excluding hydrogens is 520 g/mol. The minimum absolute atomic E-state index is 0.0285. The van der Waals surface area contributed by atoms with Crippen molar-refractivity contribution >= 4 is 0 Å². The number of hydrogen-bond acceptors (Lipinski definition) is 10. The number of aliphatic hydroxyl groups is 6. The average Bonchev–Trinajstić information content (AvgIpc) is 3.21. The maximum absolute atomic E-state index is 12.5. The summed E-state index contributed by atoms with van der Waals surface area (Å²) in [5.41, 5.74) is -1.86. The van der Waals surface area contributed by atoms with Crippen LogP contribution in [0.3, 0.4) is 0 Å². The SMILES string of the molecule is CC12CCC(OC3OC(CO)C(O)C(O)C3O)C=C1CCC1(O)C2CCC2(C)C(c3ccc(=O)oc3)CCC21O. The zero-order valence-corrected chi connectivity index (χ0v) is 23.1. The molecule has 6 rings (SSSR count). The molecule has 0 aromatic carbocycles. The second-order valence-electron chi connectivity index (χ2n) is 13.3. The third-order valence-electron chi connectivity index (χ3n) is 11.6. The Morgan fingerprint density at radius 2 is 1.75 bits per heavy atom. The number of aliphatic hydroxyl groups excluding tert-OH is 4. The maximum atomic E-state index is 12.5. The van der Waals surface area contributed by atoms with E-state index in [1.165, 1.54) is 12.3 Å². The summed E-state index contributed by atoms with van der Waals surface area (Å²) >= 11 is 0. The summed E-state index contributed by atoms with van der Waals surface area (Å²) in [5, 5.41) is 65.0. The normalized spacial score (nSPS) is 50.5. The first-order chi connectivity index (χ1) is 18.9. The topological polar surface area (TPSA) is 170 Å². The lowest BCUT2D eigenvalue weighted by Gasteiger charge is -2.65. The molecule has 1 saturated heterocycles. The lowest BCUT2D eigenvalue weighted by Crippen LogP contribution is -2.71. The van der Waals surface area contributed by atoms with Gasteiger partial charge in [-0.2, -0.15) is 0 Å². The molecule has 5 aliphatic rings. The molecule has 2 heterocycles. The van der Waals surface area contributed by atoms with Gasteiger partial charge in [0, 0.05) is 11.5 Å². The van der Waals surface area contributed by atoms with Gasteiger partial charge in [0.2, 0.25) is 0 Å². The van der Waals surface area contributed by atoms with E-state index in [0.717, 1.165) is 24.0 Å². The van der Waals surface area contributed by atoms with E-state index >= 15 is 0 Å². The van der Waals surface area contributed by atoms with Crippen molar-refractivity contribution in [3.8, 4) is 0 Å². The lowest BCUT2D eigenvalue weighted by atomic mass is 9.43. The van der Waals surface area contributed by atoms with Gasteiger partial charge in [0.1, 0.15) is 24.4 Å². The molecule has 10 heteroatoms. The summed E-state index contributed by atoms with van der Waals surface area (Å²) in [5.74, 6) is -0.182. The summed E-state index contributed by atoms with van der Waals surface area (Å²) in [6, 6.07) is 3.20. The van der Waals surface area contributed by atoms with E-state index in [1.807, 2.05) is 6.08 Å². The highest BCUT2D eigenvalue weighted by atomic mass is 16.7. The van der Waals surface area contributed by atoms with Crippen LogP contribution in [0.5, 0.6) is 0 Å². The van der Waals surface area contributed by atoms with E-state index in [1.54, 1.807) is 6.07 Å². The summed E-state index contributed by atoms with van der Waals surface area (Å²) in [7, 11) is 0. The minimum atomic E-state index is -1.50. The fourth-order valence-electron chi connectivity index (χ4n) is 9.29. The van der Waals surface area contributed by atoms with Crippen molar-refractivity contribution in [3.63, 3.8) is 0 Å². The Bertz CT molecular complexity index is 1190. The van der Waals surface area contributed by atoms with E-state index < -0.39 is 65.7 Å². The molecule has 10 nitrogen and oxygen atoms in total. The standard InChI is InChI=1S/C30H42O10/c1-27-9-6-18(39-26-25(35)24(34)23(33)20(14-31)40-26)13-17(27)5-11-29(36)21(27)8-10-28(2)19(7-12-30(28,29)37)16-3-4-22(32)38-15-16/h3-4,13,15,18-21,23-26,31,33-37H,5-12,14H2,1-2H3. The molecule has 4 aliphatic carbocycles. The Kier molecular flexibility index (Phi) is 6.91. The number of fused-ring (bicyclic) bond motifs is 5. The molecule has 4 fully saturated rings. The molecule has 1 aromatic rings. The Morgan fingerprint density at radius 3 is 2.45 bits per heavy atom. The van der Waals surface area contributed by atoms with Gasteiger partial charge in [0.25, 0.3) is 0 Å². The van der Waals surface area contributed by atoms with Crippen molar-refractivity contribution < 1.29 is 44.5 Å². The smallest absolute Gasteiger partial charge is 0.335 e. The highest BCUT2D eigenvalue weighted by Gasteiger charge is 2.73. The van der Waals surface area contributed by atoms with Crippen LogP contribution >= 0.6 is 0 Å². The molecule has 0 radical (unpaired) electrons. The van der Waals surface area contributed by atoms with Crippen molar-refractivity contribution in [2.45, 2.75) is 119 Å². The molecule has 12 unspecified atom stereocenters. The zero-order chi connectivity index (χ0) is 28.7. The maximum Gasteiger partial charge on any atom is 0.335 e. The van der Waals surface area contributed by atoms with Crippen LogP contribution in [0.25, 0.3) is 0 Å². The Balaban J connectivity index is 1.24. The van der Waals surface area contributed by atoms with Crippen LogP contribution < -0.4 is 5.63 Å². The molecule has 3 saturated carbocycles. The van der Waals surface area contributed by atoms with Crippen LogP contribution in [0.2, 0.25) is 0 Å². The summed E-state index contributed by atoms with van der Waals surface area (Å²) < 4.78 is 16.8. The first kappa shape index (κ1) is 28.5. The molecule has 0 bridgehead atoms. The van der Waals surface area contributed by atoms with Gasteiger partial charge in [0.15, 0.2) is 6.29 Å². The quantitative estimate of drug-likeness (QED) is 0.292. The Morgan fingerprint density at radius 1 is 0.975 bits per heavy atom. The summed E-state index contributed by atoms with van der Waals surface area (Å²) in [6.45, 7) is 3.72.